The van der Waals surface area contributed by atoms with Gasteiger partial charge in [-0.1, -0.05) is 17.7 Å². The first-order valence-electron chi connectivity index (χ1n) is 8.29. The van der Waals surface area contributed by atoms with Crippen molar-refractivity contribution in [3.8, 4) is 0 Å². The summed E-state index contributed by atoms with van der Waals surface area (Å²) in [6.45, 7) is 5.62. The zero-order chi connectivity index (χ0) is 20.2. The lowest BCUT2D eigenvalue weighted by atomic mass is 10.1. The molecule has 7 nitrogen and oxygen atoms in total. The van der Waals surface area contributed by atoms with Crippen molar-refractivity contribution in [2.24, 2.45) is 0 Å². The first-order chi connectivity index (χ1) is 12.6. The summed E-state index contributed by atoms with van der Waals surface area (Å²) in [4.78, 5) is 22.0. The zero-order valence-electron chi connectivity index (χ0n) is 15.3. The van der Waals surface area contributed by atoms with E-state index in [1.54, 1.807) is 0 Å². The second-order valence-corrected chi connectivity index (χ2v) is 8.01. The minimum Gasteiger partial charge on any atom is -0.550 e. The zero-order valence-corrected chi connectivity index (χ0v) is 16.1. The van der Waals surface area contributed by atoms with Crippen LogP contribution in [0.5, 0.6) is 0 Å². The molecule has 0 aliphatic rings. The van der Waals surface area contributed by atoms with Crippen molar-refractivity contribution in [3.05, 3.63) is 53.1 Å². The topological polar surface area (TPSA) is 115 Å². The molecular formula is C19H21N2O5S-. The molecule has 0 saturated heterocycles. The molecule has 0 spiro atoms. The van der Waals surface area contributed by atoms with Crippen molar-refractivity contribution in [2.45, 2.75) is 38.5 Å². The number of aryl methyl sites for hydroxylation is 3. The fourth-order valence-electron chi connectivity index (χ4n) is 2.69. The summed E-state index contributed by atoms with van der Waals surface area (Å²) < 4.78 is 27.9. The summed E-state index contributed by atoms with van der Waals surface area (Å²) in [7, 11) is -3.79. The van der Waals surface area contributed by atoms with Gasteiger partial charge in [-0.3, -0.25) is 9.52 Å². The van der Waals surface area contributed by atoms with Crippen molar-refractivity contribution in [1.82, 2.24) is 0 Å². The van der Waals surface area contributed by atoms with Gasteiger partial charge in [0.2, 0.25) is 5.91 Å². The van der Waals surface area contributed by atoms with Crippen LogP contribution in [0.15, 0.2) is 41.3 Å². The standard InChI is InChI=1S/C19H22N2O5S/c1-12-10-13(2)19(14(3)11-12)21-27(25,26)16-6-4-15(5-7-16)20-17(22)8-9-18(23)24/h4-7,10-11,21H,8-9H2,1-3H3,(H,20,22)(H,23,24)/p-1. The van der Waals surface area contributed by atoms with Gasteiger partial charge >= 0.3 is 0 Å². The van der Waals surface area contributed by atoms with Gasteiger partial charge in [-0.25, -0.2) is 8.42 Å². The van der Waals surface area contributed by atoms with Crippen LogP contribution in [0.2, 0.25) is 0 Å². The van der Waals surface area contributed by atoms with Crippen molar-refractivity contribution >= 4 is 33.3 Å². The highest BCUT2D eigenvalue weighted by Crippen LogP contribution is 2.25. The van der Waals surface area contributed by atoms with Gasteiger partial charge in [0.15, 0.2) is 0 Å². The average molecular weight is 389 g/mol. The lowest BCUT2D eigenvalue weighted by molar-refractivity contribution is -0.305. The van der Waals surface area contributed by atoms with Crippen molar-refractivity contribution in [1.29, 1.82) is 0 Å². The Balaban J connectivity index is 2.14. The van der Waals surface area contributed by atoms with Gasteiger partial charge in [-0.05, 0) is 62.6 Å². The summed E-state index contributed by atoms with van der Waals surface area (Å²) in [6.07, 6.45) is -0.590. The predicted molar refractivity (Wildman–Crippen MR) is 101 cm³/mol. The molecule has 0 aliphatic heterocycles. The smallest absolute Gasteiger partial charge is 0.261 e. The molecule has 0 atom stereocenters. The Labute approximate surface area is 158 Å². The molecule has 144 valence electrons. The molecule has 8 heteroatoms. The fraction of sp³-hybridized carbons (Fsp3) is 0.263. The third-order valence-electron chi connectivity index (χ3n) is 3.92. The van der Waals surface area contributed by atoms with E-state index >= 15 is 0 Å². The van der Waals surface area contributed by atoms with Crippen LogP contribution in [0.4, 0.5) is 11.4 Å². The Morgan fingerprint density at radius 2 is 1.52 bits per heavy atom. The van der Waals surface area contributed by atoms with E-state index < -0.39 is 21.9 Å². The molecule has 0 aliphatic carbocycles. The van der Waals surface area contributed by atoms with Crippen LogP contribution in [-0.4, -0.2) is 20.3 Å². The number of nitrogens with one attached hydrogen (secondary N) is 2. The number of benzene rings is 2. The van der Waals surface area contributed by atoms with Crippen molar-refractivity contribution in [3.63, 3.8) is 0 Å². The number of rotatable bonds is 7. The third kappa shape index (κ3) is 5.55. The summed E-state index contributed by atoms with van der Waals surface area (Å²) in [6, 6.07) is 9.43. The molecule has 0 aromatic heterocycles. The van der Waals surface area contributed by atoms with Gasteiger partial charge in [0.25, 0.3) is 10.0 Å². The number of sulfonamides is 1. The lowest BCUT2D eigenvalue weighted by Gasteiger charge is -2.14. The quantitative estimate of drug-likeness (QED) is 0.750. The Hall–Kier alpha value is -2.87. The van der Waals surface area contributed by atoms with Gasteiger partial charge in [0.1, 0.15) is 0 Å². The predicted octanol–water partition coefficient (Wildman–Crippen LogP) is 1.88. The van der Waals surface area contributed by atoms with E-state index in [-0.39, 0.29) is 17.7 Å². The summed E-state index contributed by atoms with van der Waals surface area (Å²) >= 11 is 0. The first-order valence-corrected chi connectivity index (χ1v) is 9.77. The van der Waals surface area contributed by atoms with E-state index in [0.29, 0.717) is 11.4 Å². The number of carboxylic acid groups (broad SMARTS) is 1. The summed E-state index contributed by atoms with van der Waals surface area (Å²) in [5.41, 5.74) is 3.62. The summed E-state index contributed by atoms with van der Waals surface area (Å²) in [5.74, 6) is -1.79. The lowest BCUT2D eigenvalue weighted by Crippen LogP contribution is -2.24. The molecule has 0 bridgehead atoms. The summed E-state index contributed by atoms with van der Waals surface area (Å²) in [5, 5.41) is 12.9. The Kier molecular flexibility index (Phi) is 6.22. The molecule has 27 heavy (non-hydrogen) atoms. The minimum absolute atomic E-state index is 0.0506. The highest BCUT2D eigenvalue weighted by Gasteiger charge is 2.17. The molecule has 2 aromatic carbocycles. The number of aliphatic carboxylic acids is 1. The number of hydrogen-bond acceptors (Lipinski definition) is 5. The fourth-order valence-corrected chi connectivity index (χ4v) is 3.89. The van der Waals surface area contributed by atoms with E-state index in [0.717, 1.165) is 16.7 Å². The van der Waals surface area contributed by atoms with Gasteiger partial charge in [-0.2, -0.15) is 0 Å². The number of anilines is 2. The van der Waals surface area contributed by atoms with Crippen molar-refractivity contribution < 1.29 is 23.1 Å². The SMILES string of the molecule is Cc1cc(C)c(NS(=O)(=O)c2ccc(NC(=O)CCC(=O)[O-])cc2)c(C)c1. The largest absolute Gasteiger partial charge is 0.550 e. The second-order valence-electron chi connectivity index (χ2n) is 6.32. The maximum Gasteiger partial charge on any atom is 0.261 e. The van der Waals surface area contributed by atoms with Crippen LogP contribution < -0.4 is 15.1 Å². The molecule has 2 aromatic rings. The van der Waals surface area contributed by atoms with Crippen molar-refractivity contribution in [2.75, 3.05) is 10.0 Å². The molecule has 0 unspecified atom stereocenters. The van der Waals surface area contributed by atoms with Crippen LogP contribution in [0.1, 0.15) is 29.5 Å². The maximum absolute atomic E-state index is 12.6. The number of hydrogen-bond donors (Lipinski definition) is 2. The normalized spacial score (nSPS) is 11.1. The molecular weight excluding hydrogens is 368 g/mol. The monoisotopic (exact) mass is 389 g/mol. The highest BCUT2D eigenvalue weighted by atomic mass is 32.2. The van der Waals surface area contributed by atoms with E-state index in [1.807, 2.05) is 32.9 Å². The van der Waals surface area contributed by atoms with Crippen LogP contribution >= 0.6 is 0 Å². The van der Waals surface area contributed by atoms with Gasteiger partial charge in [0, 0.05) is 18.1 Å². The number of carbonyl (C=O) groups excluding carboxylic acids is 2. The number of carboxylic acids is 1. The third-order valence-corrected chi connectivity index (χ3v) is 5.28. The highest BCUT2D eigenvalue weighted by molar-refractivity contribution is 7.92. The van der Waals surface area contributed by atoms with Gasteiger partial charge < -0.3 is 15.2 Å². The molecule has 1 amide bonds. The number of carbonyl (C=O) groups is 2. The Bertz CT molecular complexity index is 943. The maximum atomic E-state index is 12.6. The molecule has 0 fully saturated rings. The molecule has 0 heterocycles. The Morgan fingerprint density at radius 1 is 0.963 bits per heavy atom. The van der Waals surface area contributed by atoms with E-state index in [2.05, 4.69) is 10.0 Å². The van der Waals surface area contributed by atoms with Crippen LogP contribution in [-0.2, 0) is 19.6 Å². The average Bonchev–Trinajstić information content (AvgIpc) is 2.57. The van der Waals surface area contributed by atoms with Crippen LogP contribution in [0, 0.1) is 20.8 Å². The molecule has 0 radical (unpaired) electrons. The number of amides is 1. The van der Waals surface area contributed by atoms with E-state index in [4.69, 9.17) is 0 Å². The van der Waals surface area contributed by atoms with Gasteiger partial charge in [-0.15, -0.1) is 0 Å². The van der Waals surface area contributed by atoms with E-state index in [1.165, 1.54) is 24.3 Å². The van der Waals surface area contributed by atoms with E-state index in [9.17, 15) is 23.1 Å². The van der Waals surface area contributed by atoms with Crippen LogP contribution in [0.25, 0.3) is 0 Å². The second kappa shape index (κ2) is 8.22. The Morgan fingerprint density at radius 3 is 2.04 bits per heavy atom. The molecule has 2 N–H and O–H groups in total. The first kappa shape index (κ1) is 20.4. The minimum atomic E-state index is -3.79. The van der Waals surface area contributed by atoms with Crippen LogP contribution in [0.3, 0.4) is 0 Å². The van der Waals surface area contributed by atoms with Gasteiger partial charge in [0.05, 0.1) is 10.6 Å². The molecule has 2 rings (SSSR count). The molecule has 0 saturated carbocycles.